The van der Waals surface area contributed by atoms with E-state index in [2.05, 4.69) is 17.1 Å². The Balaban J connectivity index is 1.66. The number of nitrogens with zero attached hydrogens (tertiary/aromatic N) is 2. The molecule has 25 heavy (non-hydrogen) atoms. The summed E-state index contributed by atoms with van der Waals surface area (Å²) in [6.07, 6.45) is 4.38. The van der Waals surface area contributed by atoms with Gasteiger partial charge >= 0.3 is 5.69 Å². The fourth-order valence-electron chi connectivity index (χ4n) is 3.39. The van der Waals surface area contributed by atoms with E-state index in [1.165, 1.54) is 16.3 Å². The number of aryl methyl sites for hydroxylation is 1. The highest BCUT2D eigenvalue weighted by Crippen LogP contribution is 2.27. The molecule has 0 unspecified atom stereocenters. The van der Waals surface area contributed by atoms with Crippen LogP contribution in [0, 0.1) is 6.92 Å². The normalized spacial score (nSPS) is 18.0. The number of rotatable bonds is 3. The first-order chi connectivity index (χ1) is 12.0. The van der Waals surface area contributed by atoms with Crippen molar-refractivity contribution in [1.82, 2.24) is 14.5 Å². The van der Waals surface area contributed by atoms with Gasteiger partial charge in [0.1, 0.15) is 6.54 Å². The molecule has 1 aliphatic rings. The van der Waals surface area contributed by atoms with Crippen LogP contribution in [0.2, 0.25) is 0 Å². The molecule has 0 aliphatic carbocycles. The lowest BCUT2D eigenvalue weighted by Crippen LogP contribution is -2.39. The smallest absolute Gasteiger partial charge is 0.328 e. The fourth-order valence-corrected chi connectivity index (χ4v) is 3.39. The Bertz CT molecular complexity index is 854. The quantitative estimate of drug-likeness (QED) is 0.922. The first-order valence-electron chi connectivity index (χ1n) is 8.67. The van der Waals surface area contributed by atoms with Crippen molar-refractivity contribution in [2.75, 3.05) is 13.1 Å². The highest BCUT2D eigenvalue weighted by atomic mass is 16.2. The molecule has 1 fully saturated rings. The van der Waals surface area contributed by atoms with Crippen LogP contribution in [0.4, 0.5) is 0 Å². The average molecular weight is 341 g/mol. The largest absolute Gasteiger partial charge is 0.341 e. The van der Waals surface area contributed by atoms with Gasteiger partial charge in [0.05, 0.1) is 0 Å². The van der Waals surface area contributed by atoms with E-state index in [9.17, 15) is 14.4 Å². The van der Waals surface area contributed by atoms with Crippen molar-refractivity contribution in [2.24, 2.45) is 0 Å². The minimum absolute atomic E-state index is 0.0353. The van der Waals surface area contributed by atoms with E-state index in [-0.39, 0.29) is 12.5 Å². The molecule has 2 heterocycles. The van der Waals surface area contributed by atoms with Crippen molar-refractivity contribution in [2.45, 2.75) is 38.6 Å². The van der Waals surface area contributed by atoms with Crippen LogP contribution < -0.4 is 11.2 Å². The van der Waals surface area contributed by atoms with Crippen molar-refractivity contribution in [3.05, 3.63) is 68.5 Å². The van der Waals surface area contributed by atoms with Crippen molar-refractivity contribution in [3.63, 3.8) is 0 Å². The lowest BCUT2D eigenvalue weighted by Gasteiger charge is -2.21. The zero-order valence-corrected chi connectivity index (χ0v) is 14.4. The number of aromatic amines is 1. The van der Waals surface area contributed by atoms with E-state index < -0.39 is 11.2 Å². The van der Waals surface area contributed by atoms with Crippen LogP contribution in [0.15, 0.2) is 46.1 Å². The molecule has 1 saturated heterocycles. The van der Waals surface area contributed by atoms with Crippen LogP contribution in [-0.2, 0) is 11.3 Å². The predicted octanol–water partition coefficient (Wildman–Crippen LogP) is 1.64. The Hall–Kier alpha value is -2.63. The minimum Gasteiger partial charge on any atom is -0.341 e. The first kappa shape index (κ1) is 17.2. The Kier molecular flexibility index (Phi) is 5.16. The molecule has 1 aliphatic heterocycles. The van der Waals surface area contributed by atoms with Gasteiger partial charge < -0.3 is 4.90 Å². The molecule has 3 rings (SSSR count). The molecular formula is C19H23N3O3. The summed E-state index contributed by atoms with van der Waals surface area (Å²) < 4.78 is 1.28. The lowest BCUT2D eigenvalue weighted by molar-refractivity contribution is -0.131. The topological polar surface area (TPSA) is 75.2 Å². The van der Waals surface area contributed by atoms with Gasteiger partial charge in [0.2, 0.25) is 5.91 Å². The number of benzene rings is 1. The van der Waals surface area contributed by atoms with Crippen molar-refractivity contribution >= 4 is 5.91 Å². The third kappa shape index (κ3) is 4.07. The summed E-state index contributed by atoms with van der Waals surface area (Å²) in [5.41, 5.74) is 0.798. The molecule has 0 radical (unpaired) electrons. The Morgan fingerprint density at radius 3 is 2.68 bits per heavy atom. The molecule has 0 saturated carbocycles. The molecule has 1 atom stereocenters. The third-order valence-electron chi connectivity index (χ3n) is 4.85. The molecule has 2 aromatic rings. The number of H-pyrrole nitrogens is 1. The van der Waals surface area contributed by atoms with Crippen molar-refractivity contribution < 1.29 is 4.79 Å². The first-order valence-corrected chi connectivity index (χ1v) is 8.67. The number of likely N-dealkylation sites (tertiary alicyclic amines) is 1. The summed E-state index contributed by atoms with van der Waals surface area (Å²) in [5, 5.41) is 0. The highest BCUT2D eigenvalue weighted by molar-refractivity contribution is 5.76. The maximum atomic E-state index is 12.6. The summed E-state index contributed by atoms with van der Waals surface area (Å²) in [4.78, 5) is 39.9. The molecule has 1 N–H and O–H groups in total. The van der Waals surface area contributed by atoms with E-state index in [1.807, 2.05) is 23.1 Å². The Morgan fingerprint density at radius 2 is 1.92 bits per heavy atom. The van der Waals surface area contributed by atoms with Gasteiger partial charge in [-0.3, -0.25) is 19.1 Å². The van der Waals surface area contributed by atoms with Gasteiger partial charge in [0.25, 0.3) is 5.56 Å². The van der Waals surface area contributed by atoms with Crippen molar-refractivity contribution in [3.8, 4) is 0 Å². The van der Waals surface area contributed by atoms with Gasteiger partial charge in [-0.2, -0.15) is 0 Å². The fraction of sp³-hybridized carbons (Fsp3) is 0.421. The second-order valence-electron chi connectivity index (χ2n) is 6.62. The lowest BCUT2D eigenvalue weighted by atomic mass is 9.92. The van der Waals surface area contributed by atoms with Crippen LogP contribution in [0.5, 0.6) is 0 Å². The summed E-state index contributed by atoms with van der Waals surface area (Å²) in [7, 11) is 0. The SMILES string of the molecule is Cc1cn(CC(=O)N2CCC[C@@H](c3ccccc3)CC2)c(=O)[nH]c1=O. The van der Waals surface area contributed by atoms with Crippen LogP contribution in [0.3, 0.4) is 0 Å². The molecule has 132 valence electrons. The van der Waals surface area contributed by atoms with E-state index in [0.29, 0.717) is 24.6 Å². The molecule has 6 heteroatoms. The van der Waals surface area contributed by atoms with Gasteiger partial charge in [-0.1, -0.05) is 30.3 Å². The summed E-state index contributed by atoms with van der Waals surface area (Å²) in [6.45, 7) is 2.98. The van der Waals surface area contributed by atoms with E-state index in [4.69, 9.17) is 0 Å². The van der Waals surface area contributed by atoms with Crippen LogP contribution in [0.1, 0.15) is 36.3 Å². The molecule has 1 aromatic carbocycles. The average Bonchev–Trinajstić information content (AvgIpc) is 2.86. The zero-order valence-electron chi connectivity index (χ0n) is 14.4. The minimum atomic E-state index is -0.541. The molecule has 1 aromatic heterocycles. The maximum absolute atomic E-state index is 12.6. The van der Waals surface area contributed by atoms with E-state index >= 15 is 0 Å². The van der Waals surface area contributed by atoms with Crippen LogP contribution in [0.25, 0.3) is 0 Å². The highest BCUT2D eigenvalue weighted by Gasteiger charge is 2.22. The van der Waals surface area contributed by atoms with Gasteiger partial charge in [-0.15, -0.1) is 0 Å². The van der Waals surface area contributed by atoms with Crippen LogP contribution >= 0.6 is 0 Å². The number of carbonyl (C=O) groups excluding carboxylic acids is 1. The number of hydrogen-bond acceptors (Lipinski definition) is 3. The predicted molar refractivity (Wildman–Crippen MR) is 95.7 cm³/mol. The number of carbonyl (C=O) groups is 1. The summed E-state index contributed by atoms with van der Waals surface area (Å²) >= 11 is 0. The Labute approximate surface area is 146 Å². The van der Waals surface area contributed by atoms with Gasteiger partial charge in [0.15, 0.2) is 0 Å². The number of hydrogen-bond donors (Lipinski definition) is 1. The van der Waals surface area contributed by atoms with Crippen LogP contribution in [-0.4, -0.2) is 33.4 Å². The molecule has 1 amide bonds. The number of nitrogens with one attached hydrogen (secondary N) is 1. The second-order valence-corrected chi connectivity index (χ2v) is 6.62. The molecule has 0 bridgehead atoms. The second kappa shape index (κ2) is 7.51. The zero-order chi connectivity index (χ0) is 17.8. The van der Waals surface area contributed by atoms with Gasteiger partial charge in [0, 0.05) is 24.8 Å². The summed E-state index contributed by atoms with van der Waals surface area (Å²) in [5.74, 6) is 0.388. The van der Waals surface area contributed by atoms with Gasteiger partial charge in [-0.05, 0) is 37.7 Å². The molecule has 0 spiro atoms. The standard InChI is InChI=1S/C19H23N3O3/c1-14-12-22(19(25)20-18(14)24)13-17(23)21-10-5-8-16(9-11-21)15-6-3-2-4-7-15/h2-4,6-7,12,16H,5,8-11,13H2,1H3,(H,20,24,25)/t16-/m1/s1. The molecular weight excluding hydrogens is 318 g/mol. The maximum Gasteiger partial charge on any atom is 0.328 e. The number of aromatic nitrogens is 2. The Morgan fingerprint density at radius 1 is 1.16 bits per heavy atom. The van der Waals surface area contributed by atoms with Crippen molar-refractivity contribution in [1.29, 1.82) is 0 Å². The monoisotopic (exact) mass is 341 g/mol. The molecule has 6 nitrogen and oxygen atoms in total. The van der Waals surface area contributed by atoms with E-state index in [1.54, 1.807) is 6.92 Å². The van der Waals surface area contributed by atoms with E-state index in [0.717, 1.165) is 19.3 Å². The summed E-state index contributed by atoms with van der Waals surface area (Å²) in [6, 6.07) is 10.4. The third-order valence-corrected chi connectivity index (χ3v) is 4.85. The van der Waals surface area contributed by atoms with Gasteiger partial charge in [-0.25, -0.2) is 4.79 Å². The number of amides is 1.